The van der Waals surface area contributed by atoms with E-state index in [0.717, 1.165) is 21.6 Å². The topological polar surface area (TPSA) is 78.4 Å². The van der Waals surface area contributed by atoms with Gasteiger partial charge >= 0.3 is 11.8 Å². The smallest absolute Gasteiger partial charge is 0.313 e. The second kappa shape index (κ2) is 8.87. The van der Waals surface area contributed by atoms with E-state index in [2.05, 4.69) is 10.6 Å². The molecule has 0 fully saturated rings. The molecular weight excluding hydrogens is 348 g/mol. The van der Waals surface area contributed by atoms with Crippen molar-refractivity contribution < 1.29 is 14.7 Å². The summed E-state index contributed by atoms with van der Waals surface area (Å²) in [6, 6.07) is 11.3. The summed E-state index contributed by atoms with van der Waals surface area (Å²) in [5.41, 5.74) is 4.23. The molecule has 2 amide bonds. The summed E-state index contributed by atoms with van der Waals surface area (Å²) in [5.74, 6) is -1.52. The lowest BCUT2D eigenvalue weighted by Gasteiger charge is -2.14. The first-order chi connectivity index (χ1) is 12.3. The zero-order valence-corrected chi connectivity index (χ0v) is 16.2. The molecule has 0 heterocycles. The van der Waals surface area contributed by atoms with E-state index in [4.69, 9.17) is 0 Å². The molecule has 0 saturated heterocycles. The number of thioether (sulfide) groups is 1. The van der Waals surface area contributed by atoms with Crippen molar-refractivity contribution in [2.24, 2.45) is 0 Å². The highest BCUT2D eigenvalue weighted by molar-refractivity contribution is 7.98. The number of aliphatic hydroxyl groups is 1. The van der Waals surface area contributed by atoms with Crippen LogP contribution in [0.2, 0.25) is 0 Å². The fourth-order valence-electron chi connectivity index (χ4n) is 2.76. The molecule has 26 heavy (non-hydrogen) atoms. The highest BCUT2D eigenvalue weighted by Crippen LogP contribution is 2.22. The maximum atomic E-state index is 12.1. The predicted molar refractivity (Wildman–Crippen MR) is 105 cm³/mol. The molecule has 2 aromatic carbocycles. The number of amides is 2. The molecule has 2 aromatic rings. The Morgan fingerprint density at radius 1 is 1.04 bits per heavy atom. The van der Waals surface area contributed by atoms with Crippen molar-refractivity contribution in [3.8, 4) is 0 Å². The van der Waals surface area contributed by atoms with E-state index in [0.29, 0.717) is 11.3 Å². The zero-order chi connectivity index (χ0) is 19.3. The summed E-state index contributed by atoms with van der Waals surface area (Å²) in [7, 11) is 0. The molecule has 5 nitrogen and oxygen atoms in total. The third-order valence-electron chi connectivity index (χ3n) is 4.08. The number of aryl methyl sites for hydroxylation is 3. The lowest BCUT2D eigenvalue weighted by atomic mass is 10.1. The van der Waals surface area contributed by atoms with Crippen LogP contribution in [0.3, 0.4) is 0 Å². The van der Waals surface area contributed by atoms with Gasteiger partial charge in [-0.1, -0.05) is 29.8 Å². The molecule has 0 aliphatic rings. The number of nitrogens with one attached hydrogen (secondary N) is 2. The van der Waals surface area contributed by atoms with E-state index in [-0.39, 0.29) is 6.54 Å². The second-order valence-corrected chi connectivity index (χ2v) is 7.11. The normalized spacial score (nSPS) is 11.7. The summed E-state index contributed by atoms with van der Waals surface area (Å²) in [4.78, 5) is 25.3. The van der Waals surface area contributed by atoms with Gasteiger partial charge < -0.3 is 15.7 Å². The fraction of sp³-hybridized carbons (Fsp3) is 0.300. The Morgan fingerprint density at radius 3 is 2.15 bits per heavy atom. The van der Waals surface area contributed by atoms with Gasteiger partial charge in [0.2, 0.25) is 0 Å². The molecule has 0 saturated carbocycles. The molecular formula is C20H24N2O3S. The van der Waals surface area contributed by atoms with Crippen molar-refractivity contribution >= 4 is 29.3 Å². The minimum atomic E-state index is -0.870. The van der Waals surface area contributed by atoms with Crippen LogP contribution in [-0.2, 0) is 9.59 Å². The molecule has 0 aliphatic heterocycles. The number of aliphatic hydroxyl groups excluding tert-OH is 1. The van der Waals surface area contributed by atoms with Gasteiger partial charge in [-0.3, -0.25) is 9.59 Å². The molecule has 0 radical (unpaired) electrons. The average Bonchev–Trinajstić information content (AvgIpc) is 2.62. The Morgan fingerprint density at radius 2 is 1.62 bits per heavy atom. The van der Waals surface area contributed by atoms with E-state index < -0.39 is 17.9 Å². The number of hydrogen-bond donors (Lipinski definition) is 3. The van der Waals surface area contributed by atoms with Gasteiger partial charge in [0.1, 0.15) is 0 Å². The van der Waals surface area contributed by atoms with Gasteiger partial charge in [-0.25, -0.2) is 0 Å². The summed E-state index contributed by atoms with van der Waals surface area (Å²) in [6.45, 7) is 5.72. The van der Waals surface area contributed by atoms with Gasteiger partial charge in [0.05, 0.1) is 6.10 Å². The Labute approximate surface area is 158 Å². The summed E-state index contributed by atoms with van der Waals surface area (Å²) < 4.78 is 0. The van der Waals surface area contributed by atoms with Crippen molar-refractivity contribution in [1.29, 1.82) is 0 Å². The van der Waals surface area contributed by atoms with Crippen molar-refractivity contribution in [3.63, 3.8) is 0 Å². The van der Waals surface area contributed by atoms with Crippen LogP contribution in [0.15, 0.2) is 41.3 Å². The van der Waals surface area contributed by atoms with Crippen LogP contribution in [0.1, 0.15) is 28.4 Å². The first-order valence-electron chi connectivity index (χ1n) is 8.31. The van der Waals surface area contributed by atoms with Crippen LogP contribution < -0.4 is 10.6 Å². The molecule has 6 heteroatoms. The van der Waals surface area contributed by atoms with Crippen LogP contribution in [0.5, 0.6) is 0 Å². The summed E-state index contributed by atoms with van der Waals surface area (Å²) >= 11 is 1.61. The largest absolute Gasteiger partial charge is 0.387 e. The zero-order valence-electron chi connectivity index (χ0n) is 15.4. The fourth-order valence-corrected chi connectivity index (χ4v) is 3.17. The summed E-state index contributed by atoms with van der Waals surface area (Å²) in [5, 5.41) is 15.3. The molecule has 0 aliphatic carbocycles. The van der Waals surface area contributed by atoms with E-state index in [1.807, 2.05) is 63.4 Å². The molecule has 0 spiro atoms. The van der Waals surface area contributed by atoms with Crippen LogP contribution >= 0.6 is 11.8 Å². The SMILES string of the molecule is CSc1ccc(C(O)CNC(=O)C(=O)Nc2c(C)cc(C)cc2C)cc1. The first kappa shape index (κ1) is 20.0. The number of rotatable bonds is 5. The molecule has 2 rings (SSSR count). The third kappa shape index (κ3) is 5.09. The van der Waals surface area contributed by atoms with Crippen LogP contribution in [0.4, 0.5) is 5.69 Å². The number of carbonyl (C=O) groups is 2. The molecule has 0 aromatic heterocycles. The number of hydrogen-bond acceptors (Lipinski definition) is 4. The van der Waals surface area contributed by atoms with E-state index in [1.165, 1.54) is 0 Å². The predicted octanol–water partition coefficient (Wildman–Crippen LogP) is 3.12. The lowest BCUT2D eigenvalue weighted by molar-refractivity contribution is -0.136. The first-order valence-corrected chi connectivity index (χ1v) is 9.53. The average molecular weight is 372 g/mol. The summed E-state index contributed by atoms with van der Waals surface area (Å²) in [6.07, 6.45) is 1.10. The van der Waals surface area contributed by atoms with Gasteiger partial charge in [-0.2, -0.15) is 0 Å². The van der Waals surface area contributed by atoms with E-state index in [1.54, 1.807) is 11.8 Å². The Hall–Kier alpha value is -2.31. The molecule has 138 valence electrons. The van der Waals surface area contributed by atoms with Crippen LogP contribution in [0.25, 0.3) is 0 Å². The quantitative estimate of drug-likeness (QED) is 0.557. The minimum Gasteiger partial charge on any atom is -0.387 e. The molecule has 1 atom stereocenters. The van der Waals surface area contributed by atoms with E-state index >= 15 is 0 Å². The lowest BCUT2D eigenvalue weighted by Crippen LogP contribution is -2.37. The van der Waals surface area contributed by atoms with Crippen molar-refractivity contribution in [2.75, 3.05) is 18.1 Å². The standard InChI is InChI=1S/C20H24N2O3S/c1-12-9-13(2)18(14(3)10-12)22-20(25)19(24)21-11-17(23)15-5-7-16(26-4)8-6-15/h5-10,17,23H,11H2,1-4H3,(H,21,24)(H,22,25). The van der Waals surface area contributed by atoms with Crippen LogP contribution in [-0.4, -0.2) is 29.7 Å². The van der Waals surface area contributed by atoms with Gasteiger partial charge in [0, 0.05) is 17.1 Å². The van der Waals surface area contributed by atoms with Crippen molar-refractivity contribution in [3.05, 3.63) is 58.7 Å². The minimum absolute atomic E-state index is 0.0310. The van der Waals surface area contributed by atoms with Crippen LogP contribution in [0, 0.1) is 20.8 Å². The van der Waals surface area contributed by atoms with E-state index in [9.17, 15) is 14.7 Å². The van der Waals surface area contributed by atoms with Gasteiger partial charge in [-0.05, 0) is 55.9 Å². The monoisotopic (exact) mass is 372 g/mol. The number of carbonyl (C=O) groups excluding carboxylic acids is 2. The molecule has 3 N–H and O–H groups in total. The second-order valence-electron chi connectivity index (χ2n) is 6.23. The maximum Gasteiger partial charge on any atom is 0.313 e. The van der Waals surface area contributed by atoms with Gasteiger partial charge in [-0.15, -0.1) is 11.8 Å². The highest BCUT2D eigenvalue weighted by Gasteiger charge is 2.17. The number of anilines is 1. The Bertz CT molecular complexity index is 780. The van der Waals surface area contributed by atoms with Gasteiger partial charge in [0.15, 0.2) is 0 Å². The van der Waals surface area contributed by atoms with Crippen molar-refractivity contribution in [2.45, 2.75) is 31.8 Å². The number of benzene rings is 2. The van der Waals surface area contributed by atoms with Crippen molar-refractivity contribution in [1.82, 2.24) is 5.32 Å². The molecule has 1 unspecified atom stereocenters. The third-order valence-corrected chi connectivity index (χ3v) is 4.82. The Balaban J connectivity index is 1.93. The van der Waals surface area contributed by atoms with Gasteiger partial charge in [0.25, 0.3) is 0 Å². The Kier molecular flexibility index (Phi) is 6.83. The molecule has 0 bridgehead atoms. The maximum absolute atomic E-state index is 12.1. The highest BCUT2D eigenvalue weighted by atomic mass is 32.2.